The number of aryl methyl sites for hydroxylation is 1. The number of esters is 1. The highest BCUT2D eigenvalue weighted by Crippen LogP contribution is 2.25. The molecule has 0 radical (unpaired) electrons. The van der Waals surface area contributed by atoms with Crippen LogP contribution in [0.25, 0.3) is 0 Å². The molecule has 4 nitrogen and oxygen atoms in total. The molecule has 1 atom stereocenters. The molecule has 1 unspecified atom stereocenters. The van der Waals surface area contributed by atoms with E-state index in [4.69, 9.17) is 9.47 Å². The molecule has 1 aliphatic rings. The van der Waals surface area contributed by atoms with Gasteiger partial charge in [-0.1, -0.05) is 48.5 Å². The Balaban J connectivity index is 1.51. The van der Waals surface area contributed by atoms with Crippen LogP contribution in [-0.2, 0) is 22.6 Å². The van der Waals surface area contributed by atoms with Crippen LogP contribution in [0.3, 0.4) is 0 Å². The first-order valence-electron chi connectivity index (χ1n) is 8.01. The van der Waals surface area contributed by atoms with E-state index in [1.165, 1.54) is 6.08 Å². The SMILES string of the molecule is O=C1C=CCC(O)(CCc2ccc(OCc3ccccc3)cc2)O1. The van der Waals surface area contributed by atoms with E-state index in [0.717, 1.165) is 16.9 Å². The molecule has 0 saturated heterocycles. The zero-order valence-electron chi connectivity index (χ0n) is 13.4. The van der Waals surface area contributed by atoms with Crippen molar-refractivity contribution < 1.29 is 19.4 Å². The molecular formula is C20H20O4. The highest BCUT2D eigenvalue weighted by atomic mass is 16.7. The molecule has 124 valence electrons. The zero-order chi connectivity index (χ0) is 16.8. The van der Waals surface area contributed by atoms with E-state index in [-0.39, 0.29) is 0 Å². The average molecular weight is 324 g/mol. The lowest BCUT2D eigenvalue weighted by Crippen LogP contribution is -2.36. The molecule has 1 aliphatic heterocycles. The van der Waals surface area contributed by atoms with E-state index in [1.54, 1.807) is 6.08 Å². The fourth-order valence-electron chi connectivity index (χ4n) is 2.59. The molecule has 0 amide bonds. The van der Waals surface area contributed by atoms with Gasteiger partial charge in [-0.3, -0.25) is 0 Å². The van der Waals surface area contributed by atoms with Gasteiger partial charge in [0.05, 0.1) is 0 Å². The van der Waals surface area contributed by atoms with Gasteiger partial charge in [0.2, 0.25) is 5.79 Å². The first-order chi connectivity index (χ1) is 11.6. The number of hydrogen-bond donors (Lipinski definition) is 1. The van der Waals surface area contributed by atoms with Crippen LogP contribution in [0, 0.1) is 0 Å². The summed E-state index contributed by atoms with van der Waals surface area (Å²) in [4.78, 5) is 11.2. The van der Waals surface area contributed by atoms with Crippen LogP contribution >= 0.6 is 0 Å². The second-order valence-electron chi connectivity index (χ2n) is 5.89. The maximum absolute atomic E-state index is 11.2. The molecule has 3 rings (SSSR count). The monoisotopic (exact) mass is 324 g/mol. The van der Waals surface area contributed by atoms with E-state index in [0.29, 0.717) is 25.9 Å². The van der Waals surface area contributed by atoms with Crippen molar-refractivity contribution in [2.24, 2.45) is 0 Å². The molecule has 2 aromatic rings. The average Bonchev–Trinajstić information content (AvgIpc) is 2.60. The van der Waals surface area contributed by atoms with Gasteiger partial charge in [0.1, 0.15) is 12.4 Å². The van der Waals surface area contributed by atoms with Crippen molar-refractivity contribution in [1.29, 1.82) is 0 Å². The van der Waals surface area contributed by atoms with Crippen molar-refractivity contribution in [1.82, 2.24) is 0 Å². The summed E-state index contributed by atoms with van der Waals surface area (Å²) < 4.78 is 10.8. The topological polar surface area (TPSA) is 55.8 Å². The Morgan fingerprint density at radius 2 is 1.79 bits per heavy atom. The molecule has 0 spiro atoms. The predicted octanol–water partition coefficient (Wildman–Crippen LogP) is 3.39. The fraction of sp³-hybridized carbons (Fsp3) is 0.250. The molecule has 0 saturated carbocycles. The molecule has 2 aromatic carbocycles. The van der Waals surface area contributed by atoms with E-state index in [9.17, 15) is 9.90 Å². The molecule has 4 heteroatoms. The maximum Gasteiger partial charge on any atom is 0.332 e. The van der Waals surface area contributed by atoms with Crippen LogP contribution in [0.4, 0.5) is 0 Å². The Labute approximate surface area is 141 Å². The van der Waals surface area contributed by atoms with Crippen molar-refractivity contribution >= 4 is 5.97 Å². The minimum absolute atomic E-state index is 0.330. The Morgan fingerprint density at radius 1 is 1.04 bits per heavy atom. The Morgan fingerprint density at radius 3 is 2.50 bits per heavy atom. The third kappa shape index (κ3) is 4.46. The van der Waals surface area contributed by atoms with E-state index < -0.39 is 11.8 Å². The molecule has 24 heavy (non-hydrogen) atoms. The van der Waals surface area contributed by atoms with Gasteiger partial charge in [0.15, 0.2) is 0 Å². The standard InChI is InChI=1S/C20H20O4/c21-19-7-4-13-20(22,24-19)14-12-16-8-10-18(11-9-16)23-15-17-5-2-1-3-6-17/h1-11,22H,12-15H2. The number of benzene rings is 2. The number of carbonyl (C=O) groups is 1. The highest BCUT2D eigenvalue weighted by molar-refractivity contribution is 5.83. The number of rotatable bonds is 6. The number of cyclic esters (lactones) is 1. The fourth-order valence-corrected chi connectivity index (χ4v) is 2.59. The van der Waals surface area contributed by atoms with Crippen molar-refractivity contribution in [3.8, 4) is 5.75 Å². The molecule has 1 heterocycles. The van der Waals surface area contributed by atoms with Crippen LogP contribution < -0.4 is 4.74 Å². The summed E-state index contributed by atoms with van der Waals surface area (Å²) in [7, 11) is 0. The van der Waals surface area contributed by atoms with Crippen LogP contribution in [-0.4, -0.2) is 16.9 Å². The van der Waals surface area contributed by atoms with Gasteiger partial charge < -0.3 is 14.6 Å². The zero-order valence-corrected chi connectivity index (χ0v) is 13.4. The van der Waals surface area contributed by atoms with Gasteiger partial charge in [0.25, 0.3) is 0 Å². The first kappa shape index (κ1) is 16.3. The number of ether oxygens (including phenoxy) is 2. The Kier molecular flexibility index (Phi) is 4.96. The first-order valence-corrected chi connectivity index (χ1v) is 8.01. The van der Waals surface area contributed by atoms with Crippen LogP contribution in [0.1, 0.15) is 24.0 Å². The number of hydrogen-bond acceptors (Lipinski definition) is 4. The van der Waals surface area contributed by atoms with Crippen molar-refractivity contribution in [2.45, 2.75) is 31.7 Å². The van der Waals surface area contributed by atoms with Crippen LogP contribution in [0.2, 0.25) is 0 Å². The lowest BCUT2D eigenvalue weighted by atomic mass is 10.0. The summed E-state index contributed by atoms with van der Waals surface area (Å²) in [6.07, 6.45) is 4.31. The Bertz CT molecular complexity index is 706. The lowest BCUT2D eigenvalue weighted by molar-refractivity contribution is -0.208. The summed E-state index contributed by atoms with van der Waals surface area (Å²) in [6, 6.07) is 17.7. The third-order valence-corrected chi connectivity index (χ3v) is 3.96. The largest absolute Gasteiger partial charge is 0.489 e. The second kappa shape index (κ2) is 7.32. The minimum Gasteiger partial charge on any atom is -0.489 e. The highest BCUT2D eigenvalue weighted by Gasteiger charge is 2.31. The second-order valence-corrected chi connectivity index (χ2v) is 5.89. The van der Waals surface area contributed by atoms with Crippen LogP contribution in [0.15, 0.2) is 66.7 Å². The summed E-state index contributed by atoms with van der Waals surface area (Å²) in [5.74, 6) is -1.09. The summed E-state index contributed by atoms with van der Waals surface area (Å²) >= 11 is 0. The molecular weight excluding hydrogens is 304 g/mol. The number of carbonyl (C=O) groups excluding carboxylic acids is 1. The molecule has 1 N–H and O–H groups in total. The van der Waals surface area contributed by atoms with Crippen molar-refractivity contribution in [3.05, 3.63) is 77.9 Å². The lowest BCUT2D eigenvalue weighted by Gasteiger charge is -2.28. The van der Waals surface area contributed by atoms with Gasteiger partial charge in [-0.15, -0.1) is 0 Å². The maximum atomic E-state index is 11.2. The van der Waals surface area contributed by atoms with Gasteiger partial charge in [-0.05, 0) is 29.7 Å². The third-order valence-electron chi connectivity index (χ3n) is 3.96. The quantitative estimate of drug-likeness (QED) is 0.828. The minimum atomic E-state index is -1.39. The normalized spacial score (nSPS) is 19.8. The van der Waals surface area contributed by atoms with Crippen molar-refractivity contribution in [2.75, 3.05) is 0 Å². The molecule has 0 aromatic heterocycles. The molecule has 0 aliphatic carbocycles. The summed E-state index contributed by atoms with van der Waals surface area (Å²) in [6.45, 7) is 0.530. The predicted molar refractivity (Wildman–Crippen MR) is 90.3 cm³/mol. The Hall–Kier alpha value is -2.59. The van der Waals surface area contributed by atoms with E-state index in [1.807, 2.05) is 54.6 Å². The summed E-state index contributed by atoms with van der Waals surface area (Å²) in [5.41, 5.74) is 2.18. The van der Waals surface area contributed by atoms with Gasteiger partial charge >= 0.3 is 5.97 Å². The molecule has 0 fully saturated rings. The molecule has 0 bridgehead atoms. The van der Waals surface area contributed by atoms with E-state index >= 15 is 0 Å². The van der Waals surface area contributed by atoms with E-state index in [2.05, 4.69) is 0 Å². The van der Waals surface area contributed by atoms with Crippen molar-refractivity contribution in [3.63, 3.8) is 0 Å². The van der Waals surface area contributed by atoms with Crippen LogP contribution in [0.5, 0.6) is 5.75 Å². The summed E-state index contributed by atoms with van der Waals surface area (Å²) in [5, 5.41) is 10.2. The number of aliphatic hydroxyl groups is 1. The van der Waals surface area contributed by atoms with Gasteiger partial charge in [-0.2, -0.15) is 0 Å². The van der Waals surface area contributed by atoms with Gasteiger partial charge in [-0.25, -0.2) is 4.79 Å². The smallest absolute Gasteiger partial charge is 0.332 e. The van der Waals surface area contributed by atoms with Gasteiger partial charge in [0, 0.05) is 18.9 Å².